The number of carbonyl (C=O) groups is 1. The van der Waals surface area contributed by atoms with E-state index in [-0.39, 0.29) is 23.7 Å². The van der Waals surface area contributed by atoms with Crippen molar-refractivity contribution in [3.05, 3.63) is 59.7 Å². The molecule has 8 nitrogen and oxygen atoms in total. The minimum absolute atomic E-state index is 0.0201. The molecule has 0 bridgehead atoms. The third-order valence-electron chi connectivity index (χ3n) is 3.53. The number of sulfonamides is 1. The van der Waals surface area contributed by atoms with Crippen LogP contribution in [-0.2, 0) is 19.6 Å². The average Bonchev–Trinajstić information content (AvgIpc) is 2.70. The van der Waals surface area contributed by atoms with E-state index in [1.807, 2.05) is 6.07 Å². The summed E-state index contributed by atoms with van der Waals surface area (Å²) in [5.74, 6) is -0.128. The van der Waals surface area contributed by atoms with Crippen molar-refractivity contribution in [3.63, 3.8) is 0 Å². The first-order valence-electron chi connectivity index (χ1n) is 7.81. The molecule has 0 amide bonds. The standard InChI is InChI=1S/C18H18N2O6S/c1-20(24-2)27(22,23)17-5-3-4-15(12-17)18(21)26-11-10-25-16-8-6-14(13-19)7-9-16/h3-9,12H,10-11H2,1-2H3. The van der Waals surface area contributed by atoms with Crippen LogP contribution >= 0.6 is 0 Å². The van der Waals surface area contributed by atoms with Gasteiger partial charge in [0.1, 0.15) is 19.0 Å². The van der Waals surface area contributed by atoms with E-state index in [9.17, 15) is 13.2 Å². The molecule has 27 heavy (non-hydrogen) atoms. The minimum atomic E-state index is -3.86. The Balaban J connectivity index is 1.92. The van der Waals surface area contributed by atoms with Crippen molar-refractivity contribution in [2.75, 3.05) is 27.4 Å². The van der Waals surface area contributed by atoms with E-state index < -0.39 is 16.0 Å². The topological polar surface area (TPSA) is 106 Å². The maximum absolute atomic E-state index is 12.2. The first-order valence-corrected chi connectivity index (χ1v) is 9.25. The van der Waals surface area contributed by atoms with E-state index in [4.69, 9.17) is 19.6 Å². The SMILES string of the molecule is CON(C)S(=O)(=O)c1cccc(C(=O)OCCOc2ccc(C#N)cc2)c1. The van der Waals surface area contributed by atoms with Gasteiger partial charge in [-0.15, -0.1) is 0 Å². The summed E-state index contributed by atoms with van der Waals surface area (Å²) in [4.78, 5) is 16.7. The van der Waals surface area contributed by atoms with Gasteiger partial charge < -0.3 is 9.47 Å². The van der Waals surface area contributed by atoms with Crippen molar-refractivity contribution in [2.45, 2.75) is 4.90 Å². The van der Waals surface area contributed by atoms with Crippen LogP contribution in [0.2, 0.25) is 0 Å². The Morgan fingerprint density at radius 1 is 1.15 bits per heavy atom. The normalized spacial score (nSPS) is 11.0. The Morgan fingerprint density at radius 2 is 1.85 bits per heavy atom. The number of ether oxygens (including phenoxy) is 2. The maximum atomic E-state index is 12.2. The highest BCUT2D eigenvalue weighted by Gasteiger charge is 2.22. The Morgan fingerprint density at radius 3 is 2.48 bits per heavy atom. The van der Waals surface area contributed by atoms with Crippen molar-refractivity contribution in [1.82, 2.24) is 4.47 Å². The number of esters is 1. The van der Waals surface area contributed by atoms with Crippen molar-refractivity contribution in [1.29, 1.82) is 5.26 Å². The molecule has 0 saturated heterocycles. The molecule has 0 N–H and O–H groups in total. The van der Waals surface area contributed by atoms with Gasteiger partial charge in [0.25, 0.3) is 10.0 Å². The zero-order valence-corrected chi connectivity index (χ0v) is 15.6. The molecule has 2 aromatic carbocycles. The Labute approximate surface area is 157 Å². The van der Waals surface area contributed by atoms with Crippen LogP contribution in [0, 0.1) is 11.3 Å². The third-order valence-corrected chi connectivity index (χ3v) is 5.21. The number of nitriles is 1. The van der Waals surface area contributed by atoms with Crippen LogP contribution in [0.4, 0.5) is 0 Å². The molecule has 0 aliphatic rings. The van der Waals surface area contributed by atoms with Crippen LogP contribution in [0.3, 0.4) is 0 Å². The molecular formula is C18H18N2O6S. The Hall–Kier alpha value is -2.93. The fourth-order valence-corrected chi connectivity index (χ4v) is 3.05. The lowest BCUT2D eigenvalue weighted by atomic mass is 10.2. The van der Waals surface area contributed by atoms with Crippen molar-refractivity contribution in [3.8, 4) is 11.8 Å². The lowest BCUT2D eigenvalue weighted by Crippen LogP contribution is -2.26. The van der Waals surface area contributed by atoms with Gasteiger partial charge >= 0.3 is 5.97 Å². The lowest BCUT2D eigenvalue weighted by molar-refractivity contribution is -0.0258. The molecule has 0 spiro atoms. The molecule has 0 atom stereocenters. The van der Waals surface area contributed by atoms with Gasteiger partial charge in [0.05, 0.1) is 29.2 Å². The molecule has 0 aliphatic heterocycles. The third kappa shape index (κ3) is 5.27. The summed E-state index contributed by atoms with van der Waals surface area (Å²) in [7, 11) is -1.38. The number of benzene rings is 2. The molecule has 0 saturated carbocycles. The van der Waals surface area contributed by atoms with Gasteiger partial charge in [0, 0.05) is 7.05 Å². The number of hydroxylamine groups is 1. The molecular weight excluding hydrogens is 372 g/mol. The number of hydrogen-bond donors (Lipinski definition) is 0. The monoisotopic (exact) mass is 390 g/mol. The van der Waals surface area contributed by atoms with Gasteiger partial charge in [0.2, 0.25) is 0 Å². The molecule has 0 radical (unpaired) electrons. The zero-order valence-electron chi connectivity index (χ0n) is 14.8. The highest BCUT2D eigenvalue weighted by molar-refractivity contribution is 7.89. The zero-order chi connectivity index (χ0) is 19.9. The lowest BCUT2D eigenvalue weighted by Gasteiger charge is -2.14. The highest BCUT2D eigenvalue weighted by atomic mass is 32.2. The molecule has 0 aromatic heterocycles. The molecule has 2 aromatic rings. The molecule has 0 aliphatic carbocycles. The van der Waals surface area contributed by atoms with Gasteiger partial charge in [-0.25, -0.2) is 13.2 Å². The van der Waals surface area contributed by atoms with Crippen molar-refractivity contribution < 1.29 is 27.5 Å². The summed E-state index contributed by atoms with van der Waals surface area (Å²) < 4.78 is 35.6. The number of carbonyl (C=O) groups excluding carboxylic acids is 1. The molecule has 9 heteroatoms. The van der Waals surface area contributed by atoms with Crippen LogP contribution in [0.15, 0.2) is 53.4 Å². The predicted molar refractivity (Wildman–Crippen MR) is 95.3 cm³/mol. The first-order chi connectivity index (χ1) is 12.9. The summed E-state index contributed by atoms with van der Waals surface area (Å²) in [6.07, 6.45) is 0. The van der Waals surface area contributed by atoms with E-state index in [1.165, 1.54) is 38.4 Å². The number of nitrogens with zero attached hydrogens (tertiary/aromatic N) is 2. The minimum Gasteiger partial charge on any atom is -0.490 e. The largest absolute Gasteiger partial charge is 0.490 e. The molecule has 0 fully saturated rings. The molecule has 142 valence electrons. The predicted octanol–water partition coefficient (Wildman–Crippen LogP) is 1.98. The number of hydrogen-bond acceptors (Lipinski definition) is 7. The molecule has 0 heterocycles. The van der Waals surface area contributed by atoms with E-state index in [1.54, 1.807) is 24.3 Å². The summed E-state index contributed by atoms with van der Waals surface area (Å²) in [6, 6.07) is 14.0. The maximum Gasteiger partial charge on any atom is 0.338 e. The summed E-state index contributed by atoms with van der Waals surface area (Å²) in [5.41, 5.74) is 0.613. The second-order valence-electron chi connectivity index (χ2n) is 5.25. The van der Waals surface area contributed by atoms with Crippen LogP contribution in [-0.4, -0.2) is 46.2 Å². The fraction of sp³-hybridized carbons (Fsp3) is 0.222. The fourth-order valence-electron chi connectivity index (χ4n) is 2.03. The average molecular weight is 390 g/mol. The van der Waals surface area contributed by atoms with Crippen LogP contribution in [0.25, 0.3) is 0 Å². The Bertz CT molecular complexity index is 935. The van der Waals surface area contributed by atoms with Gasteiger partial charge in [-0.05, 0) is 42.5 Å². The summed E-state index contributed by atoms with van der Waals surface area (Å²) in [5, 5.41) is 8.73. The first kappa shape index (κ1) is 20.4. The van der Waals surface area contributed by atoms with E-state index in [2.05, 4.69) is 0 Å². The highest BCUT2D eigenvalue weighted by Crippen LogP contribution is 2.17. The van der Waals surface area contributed by atoms with E-state index >= 15 is 0 Å². The molecule has 0 unspecified atom stereocenters. The smallest absolute Gasteiger partial charge is 0.338 e. The number of rotatable bonds is 8. The second-order valence-corrected chi connectivity index (χ2v) is 7.18. The van der Waals surface area contributed by atoms with Gasteiger partial charge in [-0.3, -0.25) is 4.84 Å². The van der Waals surface area contributed by atoms with E-state index in [0.717, 1.165) is 0 Å². The van der Waals surface area contributed by atoms with E-state index in [0.29, 0.717) is 15.8 Å². The second kappa shape index (κ2) is 9.14. The molecule has 2 rings (SSSR count). The van der Waals surface area contributed by atoms with Gasteiger partial charge in [-0.1, -0.05) is 10.5 Å². The van der Waals surface area contributed by atoms with Crippen LogP contribution in [0.5, 0.6) is 5.75 Å². The van der Waals surface area contributed by atoms with Crippen LogP contribution < -0.4 is 4.74 Å². The van der Waals surface area contributed by atoms with Crippen molar-refractivity contribution >= 4 is 16.0 Å². The van der Waals surface area contributed by atoms with Gasteiger partial charge in [0.15, 0.2) is 0 Å². The summed E-state index contributed by atoms with van der Waals surface area (Å²) >= 11 is 0. The quantitative estimate of drug-likeness (QED) is 0.385. The van der Waals surface area contributed by atoms with Gasteiger partial charge in [-0.2, -0.15) is 5.26 Å². The summed E-state index contributed by atoms with van der Waals surface area (Å²) in [6.45, 7) is 0.0931. The van der Waals surface area contributed by atoms with Crippen molar-refractivity contribution in [2.24, 2.45) is 0 Å². The Kier molecular flexibility index (Phi) is 6.90. The van der Waals surface area contributed by atoms with Crippen LogP contribution in [0.1, 0.15) is 15.9 Å².